The van der Waals surface area contributed by atoms with Crippen LogP contribution in [0.5, 0.6) is 0 Å². The van der Waals surface area contributed by atoms with Gasteiger partial charge in [0.05, 0.1) is 16.1 Å². The Morgan fingerprint density at radius 2 is 0.512 bits per heavy atom. The van der Waals surface area contributed by atoms with E-state index in [2.05, 4.69) is 319 Å². The van der Waals surface area contributed by atoms with Crippen molar-refractivity contribution in [1.82, 2.24) is 0 Å². The Balaban J connectivity index is 0.000000143. The molecule has 404 valence electrons. The molecule has 0 bridgehead atoms. The molecule has 12 aromatic rings. The van der Waals surface area contributed by atoms with Gasteiger partial charge >= 0.3 is 0 Å². The highest BCUT2D eigenvalue weighted by atomic mass is 28.3. The fraction of sp³-hybridized carbons (Fsp3) is 0.122. The van der Waals surface area contributed by atoms with Crippen molar-refractivity contribution in [3.05, 3.63) is 322 Å². The van der Waals surface area contributed by atoms with Gasteiger partial charge in [-0.15, -0.1) is 0 Å². The lowest BCUT2D eigenvalue weighted by molar-refractivity contribution is 0.969. The van der Waals surface area contributed by atoms with E-state index in [-0.39, 0.29) is 0 Å². The second-order valence-corrected chi connectivity index (χ2v) is 34.9. The summed E-state index contributed by atoms with van der Waals surface area (Å²) in [7, 11) is -4.10. The van der Waals surface area contributed by atoms with Crippen molar-refractivity contribution < 1.29 is 0 Å². The number of hydrogen-bond donors (Lipinski definition) is 0. The molecule has 0 aliphatic heterocycles. The summed E-state index contributed by atoms with van der Waals surface area (Å²) >= 11 is 0. The lowest BCUT2D eigenvalue weighted by atomic mass is 9.93. The van der Waals surface area contributed by atoms with Gasteiger partial charge in [0.2, 0.25) is 0 Å². The first-order valence-electron chi connectivity index (χ1n) is 30.2. The van der Waals surface area contributed by atoms with Gasteiger partial charge in [-0.05, 0) is 146 Å². The molecule has 16 rings (SSSR count). The van der Waals surface area contributed by atoms with Crippen molar-refractivity contribution >= 4 is 94.7 Å². The van der Waals surface area contributed by atoms with Crippen LogP contribution in [0.25, 0.3) is 101 Å². The Morgan fingerprint density at radius 1 is 0.238 bits per heavy atom. The summed E-state index contributed by atoms with van der Waals surface area (Å²) in [5.41, 5.74) is 27.5. The van der Waals surface area contributed by atoms with Crippen molar-refractivity contribution in [3.8, 4) is 22.3 Å². The highest BCUT2D eigenvalue weighted by molar-refractivity contribution is 6.84. The molecule has 0 aromatic heterocycles. The molecule has 0 nitrogen and oxygen atoms in total. The zero-order valence-corrected chi connectivity index (χ0v) is 50.9. The standard InChI is InChI=1S/C42H36Si.C40H32Si/c1-27-25-39-35(33-19-9-15-29-13-5-7-17-31(29)33)21-11-23-37(39)41(27)43(3,4)42-28(2)26-40-36(22-12-24-38(40)42)34-20-10-16-30-14-6-8-18-32(30)34;1-41(2,39-33-21-9-5-15-29(33)25-37(39)35-23-11-17-27-13-3-7-19-31(27)35)40-34-22-10-6-16-30(34)26-38(40)36-24-12-18-28-14-4-8-20-32(28)36/h5-26,41-42H,1-4H3;3-26,39-40H,1-2H3. The van der Waals surface area contributed by atoms with Crippen LogP contribution in [-0.4, -0.2) is 16.1 Å². The normalized spacial score (nSPS) is 17.7. The fourth-order valence-electron chi connectivity index (χ4n) is 16.5. The molecule has 4 unspecified atom stereocenters. The van der Waals surface area contributed by atoms with E-state index in [4.69, 9.17) is 0 Å². The Morgan fingerprint density at radius 3 is 0.905 bits per heavy atom. The predicted molar refractivity (Wildman–Crippen MR) is 369 cm³/mol. The third kappa shape index (κ3) is 8.36. The van der Waals surface area contributed by atoms with Gasteiger partial charge in [0, 0.05) is 22.2 Å². The quantitative estimate of drug-likeness (QED) is 0.133. The van der Waals surface area contributed by atoms with Gasteiger partial charge < -0.3 is 0 Å². The SMILES string of the molecule is CC1=Cc2c(-c3cccc4ccccc34)cccc2C1[Si](C)(C)C1C(C)=Cc2c(-c3cccc4ccccc34)cccc21.C[Si](C)(C1C(c2cccc3ccccc23)=Cc2ccccc21)C1C(c2cccc3ccccc23)=Cc2ccccc21. The van der Waals surface area contributed by atoms with Crippen LogP contribution in [0.2, 0.25) is 26.2 Å². The summed E-state index contributed by atoms with van der Waals surface area (Å²) in [6.07, 6.45) is 10.0. The topological polar surface area (TPSA) is 0 Å². The van der Waals surface area contributed by atoms with Gasteiger partial charge in [0.15, 0.2) is 0 Å². The minimum absolute atomic E-state index is 0.374. The highest BCUT2D eigenvalue weighted by Crippen LogP contribution is 2.59. The summed E-state index contributed by atoms with van der Waals surface area (Å²) in [6.45, 7) is 15.3. The molecule has 0 radical (unpaired) electrons. The molecule has 4 aliphatic carbocycles. The molecule has 0 saturated carbocycles. The lowest BCUT2D eigenvalue weighted by Gasteiger charge is -2.40. The van der Waals surface area contributed by atoms with Crippen molar-refractivity contribution in [2.24, 2.45) is 0 Å². The zero-order chi connectivity index (χ0) is 56.8. The molecule has 2 heteroatoms. The Bertz CT molecular complexity index is 4470. The van der Waals surface area contributed by atoms with E-state index in [0.717, 1.165) is 0 Å². The van der Waals surface area contributed by atoms with Gasteiger partial charge in [-0.1, -0.05) is 316 Å². The van der Waals surface area contributed by atoms with Crippen LogP contribution in [0, 0.1) is 0 Å². The van der Waals surface area contributed by atoms with Gasteiger partial charge in [0.1, 0.15) is 0 Å². The molecule has 0 fully saturated rings. The van der Waals surface area contributed by atoms with Crippen LogP contribution >= 0.6 is 0 Å². The largest absolute Gasteiger partial charge is 0.0731 e. The third-order valence-electron chi connectivity index (χ3n) is 19.8. The van der Waals surface area contributed by atoms with Crippen LogP contribution in [0.1, 0.15) is 91.6 Å². The Kier molecular flexibility index (Phi) is 12.6. The molecule has 4 aliphatic rings. The third-order valence-corrected chi connectivity index (χ3v) is 28.5. The average molecular weight is 1110 g/mol. The van der Waals surface area contributed by atoms with Crippen LogP contribution in [0.3, 0.4) is 0 Å². The molecule has 4 atom stereocenters. The second kappa shape index (κ2) is 20.5. The first kappa shape index (κ1) is 51.9. The minimum Gasteiger partial charge on any atom is -0.0679 e. The molecule has 84 heavy (non-hydrogen) atoms. The number of allylic oxidation sites excluding steroid dienone is 4. The number of rotatable bonds is 8. The van der Waals surface area contributed by atoms with Gasteiger partial charge in [0.25, 0.3) is 0 Å². The zero-order valence-electron chi connectivity index (χ0n) is 48.9. The summed E-state index contributed by atoms with van der Waals surface area (Å²) in [5, 5.41) is 10.6. The van der Waals surface area contributed by atoms with Crippen LogP contribution in [-0.2, 0) is 0 Å². The maximum atomic E-state index is 2.64. The Labute approximate surface area is 497 Å². The molecular formula is C82H68Si2. The van der Waals surface area contributed by atoms with Crippen LogP contribution in [0.15, 0.2) is 266 Å². The lowest BCUT2D eigenvalue weighted by Crippen LogP contribution is -2.42. The predicted octanol–water partition coefficient (Wildman–Crippen LogP) is 22.6. The summed E-state index contributed by atoms with van der Waals surface area (Å²) < 4.78 is 0. The molecule has 12 aromatic carbocycles. The van der Waals surface area contributed by atoms with E-state index in [0.29, 0.717) is 22.2 Å². The summed E-state index contributed by atoms with van der Waals surface area (Å²) in [5.74, 6) is 0. The maximum absolute atomic E-state index is 2.64. The average Bonchev–Trinajstić information content (AvgIpc) is 2.09. The van der Waals surface area contributed by atoms with Crippen molar-refractivity contribution in [3.63, 3.8) is 0 Å². The van der Waals surface area contributed by atoms with Crippen LogP contribution < -0.4 is 0 Å². The van der Waals surface area contributed by atoms with Crippen LogP contribution in [0.4, 0.5) is 0 Å². The van der Waals surface area contributed by atoms with E-state index in [9.17, 15) is 0 Å². The van der Waals surface area contributed by atoms with Gasteiger partial charge in [-0.2, -0.15) is 0 Å². The summed E-state index contributed by atoms with van der Waals surface area (Å²) in [4.78, 5) is 0. The van der Waals surface area contributed by atoms with E-state index in [1.165, 1.54) is 143 Å². The number of benzene rings is 12. The van der Waals surface area contributed by atoms with E-state index in [1.807, 2.05) is 0 Å². The van der Waals surface area contributed by atoms with Crippen molar-refractivity contribution in [2.75, 3.05) is 0 Å². The smallest absolute Gasteiger partial charge is 0.0679 e. The Hall–Kier alpha value is -8.93. The number of fused-ring (bicyclic) bond motifs is 8. The van der Waals surface area contributed by atoms with Crippen molar-refractivity contribution in [1.29, 1.82) is 0 Å². The molecular weight excluding hydrogens is 1040 g/mol. The van der Waals surface area contributed by atoms with Crippen molar-refractivity contribution in [2.45, 2.75) is 62.2 Å². The molecule has 0 saturated heterocycles. The first-order chi connectivity index (χ1) is 41.0. The van der Waals surface area contributed by atoms with Gasteiger partial charge in [-0.3, -0.25) is 0 Å². The summed E-state index contributed by atoms with van der Waals surface area (Å²) in [6, 6.07) is 94.8. The number of hydrogen-bond acceptors (Lipinski definition) is 0. The van der Waals surface area contributed by atoms with E-state index >= 15 is 0 Å². The van der Waals surface area contributed by atoms with E-state index < -0.39 is 16.1 Å². The second-order valence-electron chi connectivity index (χ2n) is 25.3. The molecule has 0 amide bonds. The molecule has 0 spiro atoms. The molecule has 0 N–H and O–H groups in total. The minimum atomic E-state index is -2.14. The fourth-order valence-corrected chi connectivity index (χ4v) is 26.0. The first-order valence-corrected chi connectivity index (χ1v) is 36.5. The maximum Gasteiger partial charge on any atom is 0.0731 e. The highest BCUT2D eigenvalue weighted by Gasteiger charge is 2.50. The monoisotopic (exact) mass is 1110 g/mol. The van der Waals surface area contributed by atoms with Gasteiger partial charge in [-0.25, -0.2) is 0 Å². The van der Waals surface area contributed by atoms with E-state index in [1.54, 1.807) is 0 Å². The molecule has 0 heterocycles.